The van der Waals surface area contributed by atoms with Crippen molar-refractivity contribution in [1.29, 1.82) is 0 Å². The molecule has 3 fully saturated rings. The molecule has 1 unspecified atom stereocenters. The molecule has 1 aliphatic carbocycles. The molecular formula is C28H26Cl2N2O6. The van der Waals surface area contributed by atoms with Crippen molar-refractivity contribution in [3.63, 3.8) is 0 Å². The summed E-state index contributed by atoms with van der Waals surface area (Å²) in [6.07, 6.45) is 4.63. The number of carboxylic acids is 1. The van der Waals surface area contributed by atoms with Crippen LogP contribution in [0.1, 0.15) is 76.5 Å². The topological polar surface area (TPSA) is 113 Å². The fourth-order valence-electron chi connectivity index (χ4n) is 5.94. The molecule has 3 heterocycles. The molecule has 8 nitrogen and oxygen atoms in total. The summed E-state index contributed by atoms with van der Waals surface area (Å²) in [5.41, 5.74) is 2.61. The van der Waals surface area contributed by atoms with E-state index in [-0.39, 0.29) is 36.3 Å². The molecule has 2 aromatic carbocycles. The Morgan fingerprint density at radius 2 is 1.74 bits per heavy atom. The average molecular weight is 557 g/mol. The van der Waals surface area contributed by atoms with Crippen molar-refractivity contribution >= 4 is 40.8 Å². The van der Waals surface area contributed by atoms with Gasteiger partial charge in [-0.2, -0.15) is 0 Å². The number of aliphatic hydroxyl groups is 1. The van der Waals surface area contributed by atoms with E-state index in [1.165, 1.54) is 6.07 Å². The summed E-state index contributed by atoms with van der Waals surface area (Å²) >= 11 is 12.9. The number of nitrogens with zero attached hydrogens (tertiary/aromatic N) is 2. The number of carboxylic acid groups (broad SMARTS) is 1. The third-order valence-electron chi connectivity index (χ3n) is 7.81. The van der Waals surface area contributed by atoms with Crippen LogP contribution >= 0.6 is 23.2 Å². The number of halogens is 2. The Morgan fingerprint density at radius 1 is 1.05 bits per heavy atom. The first-order valence-electron chi connectivity index (χ1n) is 12.8. The lowest BCUT2D eigenvalue weighted by atomic mass is 9.96. The van der Waals surface area contributed by atoms with Crippen molar-refractivity contribution in [1.82, 2.24) is 5.16 Å². The van der Waals surface area contributed by atoms with E-state index in [1.54, 1.807) is 30.3 Å². The van der Waals surface area contributed by atoms with E-state index in [1.807, 2.05) is 0 Å². The summed E-state index contributed by atoms with van der Waals surface area (Å²) in [5.74, 6) is -0.869. The predicted molar refractivity (Wildman–Crippen MR) is 141 cm³/mol. The molecule has 0 amide bonds. The number of esters is 1. The van der Waals surface area contributed by atoms with Gasteiger partial charge in [-0.15, -0.1) is 0 Å². The zero-order chi connectivity index (χ0) is 26.6. The highest BCUT2D eigenvalue weighted by atomic mass is 35.5. The first kappa shape index (κ1) is 25.2. The van der Waals surface area contributed by atoms with Crippen LogP contribution in [0.15, 0.2) is 40.9 Å². The van der Waals surface area contributed by atoms with Crippen LogP contribution in [-0.4, -0.2) is 45.5 Å². The smallest absolute Gasteiger partial charge is 0.344 e. The Balaban J connectivity index is 1.25. The lowest BCUT2D eigenvalue weighted by Gasteiger charge is -2.41. The number of anilines is 1. The summed E-state index contributed by atoms with van der Waals surface area (Å²) < 4.78 is 11.7. The Kier molecular flexibility index (Phi) is 6.58. The molecule has 198 valence electrons. The lowest BCUT2D eigenvalue weighted by molar-refractivity contribution is 0.0202. The van der Waals surface area contributed by atoms with Gasteiger partial charge in [0.05, 0.1) is 22.2 Å². The molecule has 1 saturated carbocycles. The van der Waals surface area contributed by atoms with Crippen molar-refractivity contribution in [3.8, 4) is 11.3 Å². The highest BCUT2D eigenvalue weighted by Crippen LogP contribution is 2.47. The highest BCUT2D eigenvalue weighted by Gasteiger charge is 2.44. The van der Waals surface area contributed by atoms with Crippen LogP contribution in [0.25, 0.3) is 11.3 Å². The van der Waals surface area contributed by atoms with E-state index in [4.69, 9.17) is 32.5 Å². The molecule has 0 radical (unpaired) electrons. The zero-order valence-corrected chi connectivity index (χ0v) is 21.9. The van der Waals surface area contributed by atoms with Crippen LogP contribution < -0.4 is 4.90 Å². The van der Waals surface area contributed by atoms with Crippen LogP contribution in [0.2, 0.25) is 10.0 Å². The maximum absolute atomic E-state index is 13.6. The third-order valence-corrected chi connectivity index (χ3v) is 8.44. The van der Waals surface area contributed by atoms with Gasteiger partial charge >= 0.3 is 11.9 Å². The van der Waals surface area contributed by atoms with E-state index in [0.29, 0.717) is 51.0 Å². The van der Waals surface area contributed by atoms with Crippen molar-refractivity contribution in [2.75, 3.05) is 4.90 Å². The number of rotatable bonds is 7. The molecule has 1 aromatic heterocycles. The van der Waals surface area contributed by atoms with Gasteiger partial charge in [-0.05, 0) is 56.0 Å². The minimum Gasteiger partial charge on any atom is -0.478 e. The third kappa shape index (κ3) is 4.44. The molecule has 3 aromatic rings. The molecule has 6 rings (SSSR count). The van der Waals surface area contributed by atoms with Crippen LogP contribution in [-0.2, 0) is 11.3 Å². The molecule has 2 bridgehead atoms. The SMILES string of the molecule is O=C(O)c1ccc(N2[C@@H]3CC[C@H]2CC(OC(=O)c2c(-c4c(Cl)cccc4Cl)noc2C2CC2)C3)c(CO)c1. The standard InChI is InChI=1S/C28H26Cl2N2O6/c29-20-2-1-3-21(30)23(20)25-24(26(38-31-25)14-4-5-14)28(36)37-19-11-17-7-8-18(12-19)32(17)22-9-6-15(27(34)35)10-16(22)13-33/h1-3,6,9-10,14,17-19,33H,4-5,7-8,11-13H2,(H,34,35)/t17-,18+,19?. The number of carbonyl (C=O) groups is 2. The number of fused-ring (bicyclic) bond motifs is 2. The van der Waals surface area contributed by atoms with Crippen LogP contribution in [0, 0.1) is 0 Å². The van der Waals surface area contributed by atoms with Crippen LogP contribution in [0.5, 0.6) is 0 Å². The average Bonchev–Trinajstić information content (AvgIpc) is 3.59. The number of hydrogen-bond donors (Lipinski definition) is 2. The van der Waals surface area contributed by atoms with Gasteiger partial charge in [0.1, 0.15) is 17.4 Å². The Hall–Kier alpha value is -3.07. The zero-order valence-electron chi connectivity index (χ0n) is 20.4. The van der Waals surface area contributed by atoms with Crippen molar-refractivity contribution in [3.05, 3.63) is 68.9 Å². The Morgan fingerprint density at radius 3 is 2.34 bits per heavy atom. The van der Waals surface area contributed by atoms with Gasteiger partial charge in [0.25, 0.3) is 0 Å². The van der Waals surface area contributed by atoms with Crippen LogP contribution in [0.4, 0.5) is 5.69 Å². The number of carbonyl (C=O) groups excluding carboxylic acids is 1. The monoisotopic (exact) mass is 556 g/mol. The molecule has 2 saturated heterocycles. The van der Waals surface area contributed by atoms with Gasteiger partial charge in [-0.3, -0.25) is 0 Å². The predicted octanol–water partition coefficient (Wildman–Crippen LogP) is 6.07. The number of hydrogen-bond acceptors (Lipinski definition) is 7. The Bertz CT molecular complexity index is 1380. The summed E-state index contributed by atoms with van der Waals surface area (Å²) in [6, 6.07) is 10.2. The minimum atomic E-state index is -1.03. The number of aromatic nitrogens is 1. The largest absolute Gasteiger partial charge is 0.478 e. The van der Waals surface area contributed by atoms with Gasteiger partial charge in [-0.25, -0.2) is 9.59 Å². The fraction of sp³-hybridized carbons (Fsp3) is 0.393. The van der Waals surface area contributed by atoms with E-state index in [2.05, 4.69) is 10.1 Å². The number of ether oxygens (including phenoxy) is 1. The van der Waals surface area contributed by atoms with Crippen molar-refractivity contribution in [2.24, 2.45) is 0 Å². The summed E-state index contributed by atoms with van der Waals surface area (Å²) in [4.78, 5) is 27.3. The number of piperidine rings is 1. The van der Waals surface area contributed by atoms with Gasteiger partial charge in [-0.1, -0.05) is 34.4 Å². The van der Waals surface area contributed by atoms with Gasteiger partial charge in [0.2, 0.25) is 0 Å². The molecule has 10 heteroatoms. The summed E-state index contributed by atoms with van der Waals surface area (Å²) in [5, 5.41) is 24.2. The van der Waals surface area contributed by atoms with Gasteiger partial charge in [0.15, 0.2) is 5.76 Å². The van der Waals surface area contributed by atoms with Gasteiger partial charge in [0, 0.05) is 47.7 Å². The lowest BCUT2D eigenvalue weighted by Crippen LogP contribution is -2.46. The van der Waals surface area contributed by atoms with E-state index < -0.39 is 11.9 Å². The normalized spacial score (nSPS) is 22.5. The number of aromatic carboxylic acids is 1. The Labute approximate surface area is 229 Å². The second-order valence-electron chi connectivity index (χ2n) is 10.2. The summed E-state index contributed by atoms with van der Waals surface area (Å²) in [7, 11) is 0. The molecule has 3 aliphatic rings. The second-order valence-corrected chi connectivity index (χ2v) is 11.1. The molecular weight excluding hydrogens is 531 g/mol. The quantitative estimate of drug-likeness (QED) is 0.337. The van der Waals surface area contributed by atoms with Crippen LogP contribution in [0.3, 0.4) is 0 Å². The minimum absolute atomic E-state index is 0.107. The molecule has 3 atom stereocenters. The van der Waals surface area contributed by atoms with E-state index in [9.17, 15) is 19.8 Å². The van der Waals surface area contributed by atoms with Crippen molar-refractivity contribution in [2.45, 2.75) is 69.2 Å². The van der Waals surface area contributed by atoms with E-state index >= 15 is 0 Å². The van der Waals surface area contributed by atoms with Crippen molar-refractivity contribution < 1.29 is 29.1 Å². The number of benzene rings is 2. The highest BCUT2D eigenvalue weighted by molar-refractivity contribution is 6.39. The van der Waals surface area contributed by atoms with Gasteiger partial charge < -0.3 is 24.4 Å². The maximum Gasteiger partial charge on any atom is 0.344 e. The maximum atomic E-state index is 13.6. The molecule has 2 aliphatic heterocycles. The van der Waals surface area contributed by atoms with E-state index in [0.717, 1.165) is 31.4 Å². The second kappa shape index (κ2) is 9.91. The molecule has 0 spiro atoms. The fourth-order valence-corrected chi connectivity index (χ4v) is 6.52. The first-order chi connectivity index (χ1) is 18.4. The molecule has 2 N–H and O–H groups in total. The summed E-state index contributed by atoms with van der Waals surface area (Å²) in [6.45, 7) is -0.254. The number of aliphatic hydroxyl groups excluding tert-OH is 1. The first-order valence-corrected chi connectivity index (χ1v) is 13.5. The molecule has 38 heavy (non-hydrogen) atoms.